The van der Waals surface area contributed by atoms with E-state index in [9.17, 15) is 4.39 Å². The zero-order chi connectivity index (χ0) is 15.4. The van der Waals surface area contributed by atoms with E-state index in [1.807, 2.05) is 19.2 Å². The quantitative estimate of drug-likeness (QED) is 0.733. The van der Waals surface area contributed by atoms with Crippen LogP contribution >= 0.6 is 39.1 Å². The summed E-state index contributed by atoms with van der Waals surface area (Å²) in [5.74, 6) is -0.224. The second-order valence-corrected chi connectivity index (χ2v) is 6.55. The number of benzene rings is 2. The standard InChI is InChI=1S/C16H15BrCl2FN/c1-21-13(6-10-2-5-15(18)16(19)7-10)9-11-8-12(20)3-4-14(11)17/h2-5,7-8,13,21H,6,9H2,1H3. The highest BCUT2D eigenvalue weighted by Crippen LogP contribution is 2.24. The largest absolute Gasteiger partial charge is 0.316 e. The minimum absolute atomic E-state index is 0.181. The van der Waals surface area contributed by atoms with Crippen LogP contribution in [0.4, 0.5) is 4.39 Å². The van der Waals surface area contributed by atoms with E-state index in [0.717, 1.165) is 28.4 Å². The van der Waals surface area contributed by atoms with Gasteiger partial charge in [0.2, 0.25) is 0 Å². The maximum absolute atomic E-state index is 13.4. The summed E-state index contributed by atoms with van der Waals surface area (Å²) in [7, 11) is 1.90. The molecule has 1 unspecified atom stereocenters. The van der Waals surface area contributed by atoms with Crippen LogP contribution in [0.5, 0.6) is 0 Å². The Morgan fingerprint density at radius 1 is 1.10 bits per heavy atom. The fraction of sp³-hybridized carbons (Fsp3) is 0.250. The van der Waals surface area contributed by atoms with Crippen molar-refractivity contribution in [2.24, 2.45) is 0 Å². The van der Waals surface area contributed by atoms with Crippen LogP contribution in [0.3, 0.4) is 0 Å². The topological polar surface area (TPSA) is 12.0 Å². The lowest BCUT2D eigenvalue weighted by molar-refractivity contribution is 0.552. The average molecular weight is 391 g/mol. The first-order valence-corrected chi connectivity index (χ1v) is 8.09. The molecule has 0 aliphatic heterocycles. The van der Waals surface area contributed by atoms with Gasteiger partial charge >= 0.3 is 0 Å². The fourth-order valence-electron chi connectivity index (χ4n) is 2.19. The minimum atomic E-state index is -0.224. The van der Waals surface area contributed by atoms with Gasteiger partial charge in [-0.15, -0.1) is 0 Å². The van der Waals surface area contributed by atoms with Crippen molar-refractivity contribution in [3.63, 3.8) is 0 Å². The third kappa shape index (κ3) is 4.68. The van der Waals surface area contributed by atoms with Gasteiger partial charge in [0.15, 0.2) is 0 Å². The summed E-state index contributed by atoms with van der Waals surface area (Å²) in [5.41, 5.74) is 2.03. The molecule has 0 bridgehead atoms. The molecule has 0 amide bonds. The summed E-state index contributed by atoms with van der Waals surface area (Å²) in [6.07, 6.45) is 1.51. The van der Waals surface area contributed by atoms with Crippen LogP contribution in [0.1, 0.15) is 11.1 Å². The van der Waals surface area contributed by atoms with Gasteiger partial charge in [-0.25, -0.2) is 4.39 Å². The Morgan fingerprint density at radius 2 is 1.86 bits per heavy atom. The molecule has 0 aromatic heterocycles. The van der Waals surface area contributed by atoms with Gasteiger partial charge in [-0.3, -0.25) is 0 Å². The number of hydrogen-bond donors (Lipinski definition) is 1. The molecule has 1 atom stereocenters. The molecule has 0 saturated carbocycles. The van der Waals surface area contributed by atoms with E-state index in [-0.39, 0.29) is 11.9 Å². The third-order valence-corrected chi connectivity index (χ3v) is 4.86. The summed E-state index contributed by atoms with van der Waals surface area (Å²) in [4.78, 5) is 0. The van der Waals surface area contributed by atoms with E-state index >= 15 is 0 Å². The Kier molecular flexibility index (Phi) is 6.06. The van der Waals surface area contributed by atoms with Crippen LogP contribution < -0.4 is 5.32 Å². The van der Waals surface area contributed by atoms with Crippen LogP contribution in [-0.4, -0.2) is 13.1 Å². The van der Waals surface area contributed by atoms with Crippen molar-refractivity contribution in [3.05, 3.63) is 67.9 Å². The Hall–Kier alpha value is -0.610. The second-order valence-electron chi connectivity index (χ2n) is 4.88. The van der Waals surface area contributed by atoms with E-state index in [1.165, 1.54) is 6.07 Å². The van der Waals surface area contributed by atoms with Crippen molar-refractivity contribution in [2.75, 3.05) is 7.05 Å². The van der Waals surface area contributed by atoms with Gasteiger partial charge < -0.3 is 5.32 Å². The molecule has 2 rings (SSSR count). The van der Waals surface area contributed by atoms with Gasteiger partial charge in [0.05, 0.1) is 10.0 Å². The highest BCUT2D eigenvalue weighted by atomic mass is 79.9. The van der Waals surface area contributed by atoms with E-state index < -0.39 is 0 Å². The minimum Gasteiger partial charge on any atom is -0.316 e. The van der Waals surface area contributed by atoms with Crippen molar-refractivity contribution < 1.29 is 4.39 Å². The van der Waals surface area contributed by atoms with Crippen molar-refractivity contribution in [1.82, 2.24) is 5.32 Å². The average Bonchev–Trinajstić information content (AvgIpc) is 2.46. The van der Waals surface area contributed by atoms with Crippen LogP contribution in [0, 0.1) is 5.82 Å². The maximum atomic E-state index is 13.4. The predicted octanol–water partition coefficient (Wildman–Crippen LogP) is 5.27. The molecule has 112 valence electrons. The van der Waals surface area contributed by atoms with E-state index in [2.05, 4.69) is 21.2 Å². The van der Waals surface area contributed by atoms with Gasteiger partial charge in [-0.1, -0.05) is 45.2 Å². The van der Waals surface area contributed by atoms with Gasteiger partial charge in [0.25, 0.3) is 0 Å². The summed E-state index contributed by atoms with van der Waals surface area (Å²) in [5, 5.41) is 4.36. The summed E-state index contributed by atoms with van der Waals surface area (Å²) >= 11 is 15.4. The fourth-order valence-corrected chi connectivity index (χ4v) is 2.92. The molecule has 2 aromatic carbocycles. The van der Waals surface area contributed by atoms with Gasteiger partial charge in [-0.05, 0) is 61.3 Å². The van der Waals surface area contributed by atoms with Gasteiger partial charge in [-0.2, -0.15) is 0 Å². The first kappa shape index (κ1) is 16.8. The molecule has 0 aliphatic carbocycles. The van der Waals surface area contributed by atoms with Crippen molar-refractivity contribution >= 4 is 39.1 Å². The lowest BCUT2D eigenvalue weighted by Gasteiger charge is -2.17. The molecule has 0 radical (unpaired) electrons. The lowest BCUT2D eigenvalue weighted by atomic mass is 9.99. The zero-order valence-electron chi connectivity index (χ0n) is 11.5. The second kappa shape index (κ2) is 7.59. The molecule has 0 fully saturated rings. The number of rotatable bonds is 5. The molecular weight excluding hydrogens is 376 g/mol. The lowest BCUT2D eigenvalue weighted by Crippen LogP contribution is -2.30. The molecule has 1 N–H and O–H groups in total. The first-order valence-electron chi connectivity index (χ1n) is 6.54. The number of likely N-dealkylation sites (N-methyl/N-ethyl adjacent to an activating group) is 1. The van der Waals surface area contributed by atoms with Gasteiger partial charge in [0.1, 0.15) is 5.82 Å². The number of hydrogen-bond acceptors (Lipinski definition) is 1. The molecular formula is C16H15BrCl2FN. The Balaban J connectivity index is 2.12. The van der Waals surface area contributed by atoms with Crippen LogP contribution in [0.25, 0.3) is 0 Å². The molecule has 0 aliphatic rings. The molecule has 5 heteroatoms. The zero-order valence-corrected chi connectivity index (χ0v) is 14.6. The Labute approximate surface area is 142 Å². The molecule has 0 heterocycles. The van der Waals surface area contributed by atoms with E-state index in [0.29, 0.717) is 10.0 Å². The Morgan fingerprint density at radius 3 is 2.52 bits per heavy atom. The van der Waals surface area contributed by atoms with Gasteiger partial charge in [0, 0.05) is 10.5 Å². The molecule has 0 spiro atoms. The number of halogens is 4. The Bertz CT molecular complexity index is 634. The summed E-state index contributed by atoms with van der Waals surface area (Å²) in [6.45, 7) is 0. The van der Waals surface area contributed by atoms with Crippen LogP contribution in [-0.2, 0) is 12.8 Å². The normalized spacial score (nSPS) is 12.4. The summed E-state index contributed by atoms with van der Waals surface area (Å²) in [6, 6.07) is 10.5. The smallest absolute Gasteiger partial charge is 0.123 e. The predicted molar refractivity (Wildman–Crippen MR) is 90.8 cm³/mol. The van der Waals surface area contributed by atoms with E-state index in [1.54, 1.807) is 18.2 Å². The van der Waals surface area contributed by atoms with Crippen molar-refractivity contribution in [3.8, 4) is 0 Å². The summed E-state index contributed by atoms with van der Waals surface area (Å²) < 4.78 is 14.3. The maximum Gasteiger partial charge on any atom is 0.123 e. The van der Waals surface area contributed by atoms with E-state index in [4.69, 9.17) is 23.2 Å². The SMILES string of the molecule is CNC(Cc1ccc(Cl)c(Cl)c1)Cc1cc(F)ccc1Br. The molecule has 2 aromatic rings. The highest BCUT2D eigenvalue weighted by Gasteiger charge is 2.12. The number of nitrogens with one attached hydrogen (secondary N) is 1. The van der Waals surface area contributed by atoms with Crippen molar-refractivity contribution in [1.29, 1.82) is 0 Å². The van der Waals surface area contributed by atoms with Crippen LogP contribution in [0.2, 0.25) is 10.0 Å². The highest BCUT2D eigenvalue weighted by molar-refractivity contribution is 9.10. The van der Waals surface area contributed by atoms with Crippen LogP contribution in [0.15, 0.2) is 40.9 Å². The monoisotopic (exact) mass is 389 g/mol. The third-order valence-electron chi connectivity index (χ3n) is 3.35. The molecule has 21 heavy (non-hydrogen) atoms. The molecule has 0 saturated heterocycles. The van der Waals surface area contributed by atoms with Crippen molar-refractivity contribution in [2.45, 2.75) is 18.9 Å². The molecule has 1 nitrogen and oxygen atoms in total. The first-order chi connectivity index (χ1) is 9.99.